The van der Waals surface area contributed by atoms with Gasteiger partial charge in [0.25, 0.3) is 0 Å². The molecule has 0 aliphatic carbocycles. The minimum atomic E-state index is -0.171. The fourth-order valence-corrected chi connectivity index (χ4v) is 2.64. The van der Waals surface area contributed by atoms with Gasteiger partial charge in [-0.3, -0.25) is 0 Å². The van der Waals surface area contributed by atoms with E-state index in [-0.39, 0.29) is 6.09 Å². The molecule has 0 unspecified atom stereocenters. The average Bonchev–Trinajstić information content (AvgIpc) is 2.73. The molecule has 0 aromatic carbocycles. The molecule has 0 radical (unpaired) electrons. The first-order valence-corrected chi connectivity index (χ1v) is 6.35. The van der Waals surface area contributed by atoms with E-state index in [9.17, 15) is 4.79 Å². The third-order valence-electron chi connectivity index (χ3n) is 3.68. The Balaban J connectivity index is 1.51. The van der Waals surface area contributed by atoms with Gasteiger partial charge in [0.15, 0.2) is 0 Å². The number of carbonyl (C=O) groups excluding carboxylic acids is 1. The molecule has 0 saturated carbocycles. The second-order valence-electron chi connectivity index (χ2n) is 4.93. The van der Waals surface area contributed by atoms with Crippen LogP contribution >= 0.6 is 0 Å². The summed E-state index contributed by atoms with van der Waals surface area (Å²) >= 11 is 0. The Bertz CT molecular complexity index is 233. The maximum atomic E-state index is 11.1. The van der Waals surface area contributed by atoms with Gasteiger partial charge in [-0.25, -0.2) is 4.79 Å². The Morgan fingerprint density at radius 2 is 2.00 bits per heavy atom. The first-order valence-electron chi connectivity index (χ1n) is 6.35. The molecule has 4 heteroatoms. The van der Waals surface area contributed by atoms with Crippen LogP contribution < -0.4 is 0 Å². The highest BCUT2D eigenvalue weighted by molar-refractivity contribution is 5.68. The number of rotatable bonds is 4. The van der Waals surface area contributed by atoms with E-state index in [1.54, 1.807) is 4.90 Å². The lowest BCUT2D eigenvalue weighted by atomic mass is 9.95. The average molecular weight is 226 g/mol. The third kappa shape index (κ3) is 2.88. The molecule has 2 fully saturated rings. The van der Waals surface area contributed by atoms with E-state index in [1.165, 1.54) is 52.4 Å². The second kappa shape index (κ2) is 5.53. The van der Waals surface area contributed by atoms with Crippen LogP contribution in [-0.4, -0.2) is 55.7 Å². The van der Waals surface area contributed by atoms with Crippen molar-refractivity contribution < 1.29 is 9.53 Å². The highest BCUT2D eigenvalue weighted by Crippen LogP contribution is 2.21. The largest absolute Gasteiger partial charge is 0.453 e. The Hall–Kier alpha value is -0.770. The summed E-state index contributed by atoms with van der Waals surface area (Å²) < 4.78 is 4.67. The summed E-state index contributed by atoms with van der Waals surface area (Å²) in [6, 6.07) is 0. The predicted octanol–water partition coefficient (Wildman–Crippen LogP) is 1.56. The number of ether oxygens (including phenoxy) is 1. The molecule has 4 nitrogen and oxygen atoms in total. The molecule has 92 valence electrons. The molecule has 2 saturated heterocycles. The molecular formula is C12H22N2O2. The first-order chi connectivity index (χ1) is 7.79. The molecular weight excluding hydrogens is 204 g/mol. The molecule has 0 bridgehead atoms. The van der Waals surface area contributed by atoms with Gasteiger partial charge in [-0.15, -0.1) is 0 Å². The van der Waals surface area contributed by atoms with Gasteiger partial charge in [0.1, 0.15) is 0 Å². The van der Waals surface area contributed by atoms with Crippen molar-refractivity contribution in [3.63, 3.8) is 0 Å². The van der Waals surface area contributed by atoms with Crippen molar-refractivity contribution in [3.8, 4) is 0 Å². The Labute approximate surface area is 97.5 Å². The number of carbonyl (C=O) groups is 1. The van der Waals surface area contributed by atoms with Crippen LogP contribution in [0.1, 0.15) is 25.7 Å². The van der Waals surface area contributed by atoms with Crippen molar-refractivity contribution >= 4 is 6.09 Å². The van der Waals surface area contributed by atoms with Gasteiger partial charge in [-0.2, -0.15) is 0 Å². The van der Waals surface area contributed by atoms with Crippen molar-refractivity contribution in [2.75, 3.05) is 39.8 Å². The molecule has 2 heterocycles. The number of hydrogen-bond donors (Lipinski definition) is 0. The van der Waals surface area contributed by atoms with Gasteiger partial charge in [0.2, 0.25) is 0 Å². The van der Waals surface area contributed by atoms with Crippen LogP contribution in [0.5, 0.6) is 0 Å². The van der Waals surface area contributed by atoms with Gasteiger partial charge < -0.3 is 14.5 Å². The lowest BCUT2D eigenvalue weighted by molar-refractivity contribution is 0.0631. The van der Waals surface area contributed by atoms with Crippen LogP contribution in [0, 0.1) is 5.92 Å². The molecule has 0 spiro atoms. The monoisotopic (exact) mass is 226 g/mol. The smallest absolute Gasteiger partial charge is 0.409 e. The maximum Gasteiger partial charge on any atom is 0.409 e. The summed E-state index contributed by atoms with van der Waals surface area (Å²) in [6.45, 7) is 5.62. The van der Waals surface area contributed by atoms with Gasteiger partial charge >= 0.3 is 6.09 Å². The quantitative estimate of drug-likeness (QED) is 0.729. The zero-order valence-corrected chi connectivity index (χ0v) is 10.2. The number of likely N-dealkylation sites (tertiary alicyclic amines) is 2. The summed E-state index contributed by atoms with van der Waals surface area (Å²) in [7, 11) is 1.45. The number of methoxy groups -OCH3 is 1. The molecule has 1 amide bonds. The van der Waals surface area contributed by atoms with E-state index >= 15 is 0 Å². The summed E-state index contributed by atoms with van der Waals surface area (Å²) in [5, 5.41) is 0. The lowest BCUT2D eigenvalue weighted by Crippen LogP contribution is -2.49. The fraction of sp³-hybridized carbons (Fsp3) is 0.917. The molecule has 2 aliphatic rings. The Kier molecular flexibility index (Phi) is 4.04. The van der Waals surface area contributed by atoms with Crippen LogP contribution in [0.3, 0.4) is 0 Å². The van der Waals surface area contributed by atoms with Crippen LogP contribution in [-0.2, 0) is 4.74 Å². The van der Waals surface area contributed by atoms with E-state index in [4.69, 9.17) is 0 Å². The predicted molar refractivity (Wildman–Crippen MR) is 62.4 cm³/mol. The van der Waals surface area contributed by atoms with Crippen molar-refractivity contribution in [1.29, 1.82) is 0 Å². The van der Waals surface area contributed by atoms with Crippen LogP contribution in [0.25, 0.3) is 0 Å². The topological polar surface area (TPSA) is 32.8 Å². The molecule has 16 heavy (non-hydrogen) atoms. The van der Waals surface area contributed by atoms with Crippen LogP contribution in [0.15, 0.2) is 0 Å². The summed E-state index contributed by atoms with van der Waals surface area (Å²) in [4.78, 5) is 15.4. The molecule has 2 aliphatic heterocycles. The zero-order chi connectivity index (χ0) is 11.4. The van der Waals surface area contributed by atoms with E-state index in [2.05, 4.69) is 9.64 Å². The first kappa shape index (κ1) is 11.7. The number of amides is 1. The van der Waals surface area contributed by atoms with Crippen LogP contribution in [0.2, 0.25) is 0 Å². The Morgan fingerprint density at radius 1 is 1.31 bits per heavy atom. The molecule has 0 aromatic heterocycles. The summed E-state index contributed by atoms with van der Waals surface area (Å²) in [5.74, 6) is 0.710. The van der Waals surface area contributed by atoms with Gasteiger partial charge in [0.05, 0.1) is 7.11 Å². The zero-order valence-electron chi connectivity index (χ0n) is 10.2. The van der Waals surface area contributed by atoms with Gasteiger partial charge in [0, 0.05) is 13.1 Å². The van der Waals surface area contributed by atoms with Crippen molar-refractivity contribution in [2.24, 2.45) is 5.92 Å². The summed E-state index contributed by atoms with van der Waals surface area (Å²) in [6.07, 6.45) is 5.11. The van der Waals surface area contributed by atoms with Crippen LogP contribution in [0.4, 0.5) is 4.79 Å². The van der Waals surface area contributed by atoms with Crippen molar-refractivity contribution in [3.05, 3.63) is 0 Å². The Morgan fingerprint density at radius 3 is 2.62 bits per heavy atom. The standard InChI is InChI=1S/C12H22N2O2/c1-16-12(15)14-9-11(10-14)5-4-8-13-6-2-3-7-13/h11H,2-10H2,1H3. The highest BCUT2D eigenvalue weighted by atomic mass is 16.5. The second-order valence-corrected chi connectivity index (χ2v) is 4.93. The van der Waals surface area contributed by atoms with E-state index in [0.29, 0.717) is 5.92 Å². The summed E-state index contributed by atoms with van der Waals surface area (Å²) in [5.41, 5.74) is 0. The maximum absolute atomic E-state index is 11.1. The fourth-order valence-electron chi connectivity index (χ4n) is 2.64. The minimum Gasteiger partial charge on any atom is -0.453 e. The molecule has 0 atom stereocenters. The minimum absolute atomic E-state index is 0.171. The van der Waals surface area contributed by atoms with Crippen molar-refractivity contribution in [2.45, 2.75) is 25.7 Å². The van der Waals surface area contributed by atoms with E-state index in [1.807, 2.05) is 0 Å². The van der Waals surface area contributed by atoms with Gasteiger partial charge in [-0.1, -0.05) is 0 Å². The number of hydrogen-bond acceptors (Lipinski definition) is 3. The third-order valence-corrected chi connectivity index (χ3v) is 3.68. The lowest BCUT2D eigenvalue weighted by Gasteiger charge is -2.38. The SMILES string of the molecule is COC(=O)N1CC(CCCN2CCCC2)C1. The number of nitrogens with zero attached hydrogens (tertiary/aromatic N) is 2. The van der Waals surface area contributed by atoms with Crippen molar-refractivity contribution in [1.82, 2.24) is 9.80 Å². The molecule has 0 aromatic rings. The highest BCUT2D eigenvalue weighted by Gasteiger charge is 2.30. The normalized spacial score (nSPS) is 22.2. The van der Waals surface area contributed by atoms with E-state index in [0.717, 1.165) is 13.1 Å². The molecule has 2 rings (SSSR count). The molecule has 0 N–H and O–H groups in total. The van der Waals surface area contributed by atoms with E-state index < -0.39 is 0 Å². The van der Waals surface area contributed by atoms with Gasteiger partial charge in [-0.05, 0) is 51.2 Å².